The second-order valence-corrected chi connectivity index (χ2v) is 9.03. The Bertz CT molecular complexity index is 1070. The number of imidazole rings is 1. The van der Waals surface area contributed by atoms with Crippen LogP contribution in [0.15, 0.2) is 54.6 Å². The maximum atomic E-state index is 12.9. The van der Waals surface area contributed by atoms with Gasteiger partial charge in [0.2, 0.25) is 11.8 Å². The van der Waals surface area contributed by atoms with Gasteiger partial charge in [-0.25, -0.2) is 4.98 Å². The molecule has 3 aromatic rings. The number of fused-ring (bicyclic) bond motifs is 1. The van der Waals surface area contributed by atoms with Crippen LogP contribution in [0.5, 0.6) is 0 Å². The molecule has 1 heterocycles. The Morgan fingerprint density at radius 1 is 1.03 bits per heavy atom. The van der Waals surface area contributed by atoms with Gasteiger partial charge < -0.3 is 15.2 Å². The fourth-order valence-corrected chi connectivity index (χ4v) is 4.72. The quantitative estimate of drug-likeness (QED) is 0.474. The van der Waals surface area contributed by atoms with Crippen LogP contribution in [0.1, 0.15) is 62.9 Å². The molecule has 1 atom stereocenters. The smallest absolute Gasteiger partial charge is 0.240 e. The second-order valence-electron chi connectivity index (χ2n) is 9.03. The molecule has 2 amide bonds. The van der Waals surface area contributed by atoms with Crippen molar-refractivity contribution in [3.05, 3.63) is 66.0 Å². The predicted molar refractivity (Wildman–Crippen MR) is 131 cm³/mol. The van der Waals surface area contributed by atoms with Gasteiger partial charge in [0.05, 0.1) is 17.1 Å². The van der Waals surface area contributed by atoms with Crippen LogP contribution >= 0.6 is 0 Å². The third kappa shape index (κ3) is 6.01. The number of para-hydroxylation sites is 2. The van der Waals surface area contributed by atoms with Crippen molar-refractivity contribution in [3.8, 4) is 0 Å². The van der Waals surface area contributed by atoms with Gasteiger partial charge >= 0.3 is 0 Å². The Labute approximate surface area is 195 Å². The first-order valence-corrected chi connectivity index (χ1v) is 12.2. The molecule has 4 rings (SSSR count). The summed E-state index contributed by atoms with van der Waals surface area (Å²) in [6.45, 7) is 2.85. The number of aromatic nitrogens is 2. The van der Waals surface area contributed by atoms with Gasteiger partial charge in [-0.2, -0.15) is 0 Å². The number of benzene rings is 2. The lowest BCUT2D eigenvalue weighted by molar-refractivity contribution is -0.126. The van der Waals surface area contributed by atoms with E-state index < -0.39 is 0 Å². The minimum atomic E-state index is -0.0630. The van der Waals surface area contributed by atoms with E-state index in [1.54, 1.807) is 0 Å². The van der Waals surface area contributed by atoms with Crippen LogP contribution in [-0.4, -0.2) is 27.9 Å². The lowest BCUT2D eigenvalue weighted by Gasteiger charge is -2.20. The minimum Gasteiger partial charge on any atom is -0.356 e. The largest absolute Gasteiger partial charge is 0.356 e. The van der Waals surface area contributed by atoms with Crippen molar-refractivity contribution in [2.45, 2.75) is 64.5 Å². The number of nitrogens with one attached hydrogen (secondary N) is 2. The van der Waals surface area contributed by atoms with Crippen LogP contribution in [0.3, 0.4) is 0 Å². The molecule has 1 aliphatic rings. The molecule has 2 aromatic carbocycles. The second kappa shape index (κ2) is 11.1. The van der Waals surface area contributed by atoms with E-state index in [1.807, 2.05) is 66.1 Å². The molecular weight excluding hydrogens is 412 g/mol. The highest BCUT2D eigenvalue weighted by Gasteiger charge is 2.20. The van der Waals surface area contributed by atoms with Crippen LogP contribution in [0.25, 0.3) is 11.0 Å². The molecule has 2 N–H and O–H groups in total. The van der Waals surface area contributed by atoms with Gasteiger partial charge in [0.1, 0.15) is 12.4 Å². The van der Waals surface area contributed by atoms with Crippen LogP contribution in [-0.2, 0) is 22.6 Å². The summed E-state index contributed by atoms with van der Waals surface area (Å²) in [5.41, 5.74) is 2.93. The van der Waals surface area contributed by atoms with Crippen molar-refractivity contribution in [1.82, 2.24) is 20.2 Å². The van der Waals surface area contributed by atoms with E-state index in [9.17, 15) is 9.59 Å². The van der Waals surface area contributed by atoms with Gasteiger partial charge in [-0.05, 0) is 43.9 Å². The van der Waals surface area contributed by atoms with Crippen LogP contribution in [0, 0.1) is 5.92 Å². The van der Waals surface area contributed by atoms with E-state index in [-0.39, 0.29) is 30.3 Å². The molecule has 1 aromatic heterocycles. The summed E-state index contributed by atoms with van der Waals surface area (Å²) in [4.78, 5) is 30.0. The monoisotopic (exact) mass is 446 g/mol. The van der Waals surface area contributed by atoms with Crippen LogP contribution in [0.4, 0.5) is 0 Å². The zero-order valence-corrected chi connectivity index (χ0v) is 19.4. The number of rotatable bonds is 9. The third-order valence-corrected chi connectivity index (χ3v) is 6.56. The Hall–Kier alpha value is -3.15. The number of hydrogen-bond donors (Lipinski definition) is 2. The number of hydrogen-bond acceptors (Lipinski definition) is 3. The highest BCUT2D eigenvalue weighted by Crippen LogP contribution is 2.23. The average Bonchev–Trinajstić information content (AvgIpc) is 3.19. The summed E-state index contributed by atoms with van der Waals surface area (Å²) >= 11 is 0. The lowest BCUT2D eigenvalue weighted by Crippen LogP contribution is -2.33. The molecule has 1 saturated carbocycles. The number of nitrogens with zero attached hydrogens (tertiary/aromatic N) is 2. The molecular formula is C27H34N4O2. The van der Waals surface area contributed by atoms with E-state index in [4.69, 9.17) is 4.98 Å². The molecule has 0 radical (unpaired) electrons. The lowest BCUT2D eigenvalue weighted by atomic mass is 9.89. The van der Waals surface area contributed by atoms with Crippen LogP contribution in [0.2, 0.25) is 0 Å². The fourth-order valence-electron chi connectivity index (χ4n) is 4.72. The van der Waals surface area contributed by atoms with E-state index in [2.05, 4.69) is 10.6 Å². The first-order chi connectivity index (χ1) is 16.1. The van der Waals surface area contributed by atoms with E-state index in [0.29, 0.717) is 13.0 Å². The normalized spacial score (nSPS) is 15.3. The first kappa shape index (κ1) is 23.0. The Morgan fingerprint density at radius 2 is 1.76 bits per heavy atom. The highest BCUT2D eigenvalue weighted by atomic mass is 16.2. The first-order valence-electron chi connectivity index (χ1n) is 12.2. The zero-order chi connectivity index (χ0) is 23.0. The molecule has 0 saturated heterocycles. The molecule has 0 bridgehead atoms. The summed E-state index contributed by atoms with van der Waals surface area (Å²) in [5.74, 6) is 1.21. The maximum absolute atomic E-state index is 12.9. The standard InChI is InChI=1S/C27H34N4O2/c1-20(21-11-4-2-5-12-21)29-26(32)19-31-24-16-9-8-15-23(24)30-25(31)17-10-18-28-27(33)22-13-6-3-7-14-22/h2,4-5,8-9,11-12,15-16,20,22H,3,6-7,10,13-14,17-19H2,1H3,(H,28,33)(H,29,32). The van der Waals surface area contributed by atoms with Crippen molar-refractivity contribution < 1.29 is 9.59 Å². The average molecular weight is 447 g/mol. The van der Waals surface area contributed by atoms with Crippen molar-refractivity contribution in [2.24, 2.45) is 5.92 Å². The van der Waals surface area contributed by atoms with Gasteiger partial charge in [0.25, 0.3) is 0 Å². The fraction of sp³-hybridized carbons (Fsp3) is 0.444. The molecule has 0 aliphatic heterocycles. The molecule has 174 valence electrons. The van der Waals surface area contributed by atoms with E-state index in [0.717, 1.165) is 54.5 Å². The summed E-state index contributed by atoms with van der Waals surface area (Å²) in [7, 11) is 0. The summed E-state index contributed by atoms with van der Waals surface area (Å²) in [5, 5.41) is 6.21. The number of carbonyl (C=O) groups excluding carboxylic acids is 2. The Balaban J connectivity index is 1.37. The predicted octanol–water partition coefficient (Wildman–Crippen LogP) is 4.54. The SMILES string of the molecule is CC(NC(=O)Cn1c(CCCNC(=O)C2CCCCC2)nc2ccccc21)c1ccccc1. The maximum Gasteiger partial charge on any atom is 0.240 e. The van der Waals surface area contributed by atoms with Gasteiger partial charge in [-0.15, -0.1) is 0 Å². The molecule has 1 fully saturated rings. The van der Waals surface area contributed by atoms with E-state index >= 15 is 0 Å². The summed E-state index contributed by atoms with van der Waals surface area (Å²) < 4.78 is 2.01. The molecule has 1 unspecified atom stereocenters. The van der Waals surface area contributed by atoms with E-state index in [1.165, 1.54) is 6.42 Å². The molecule has 0 spiro atoms. The van der Waals surface area contributed by atoms with Gasteiger partial charge in [0, 0.05) is 18.9 Å². The third-order valence-electron chi connectivity index (χ3n) is 6.56. The van der Waals surface area contributed by atoms with Crippen molar-refractivity contribution in [3.63, 3.8) is 0 Å². The summed E-state index contributed by atoms with van der Waals surface area (Å²) in [6.07, 6.45) is 7.10. The van der Waals surface area contributed by atoms with Gasteiger partial charge in [-0.3, -0.25) is 9.59 Å². The number of aryl methyl sites for hydroxylation is 1. The highest BCUT2D eigenvalue weighted by molar-refractivity contribution is 5.81. The van der Waals surface area contributed by atoms with Crippen LogP contribution < -0.4 is 10.6 Å². The topological polar surface area (TPSA) is 76.0 Å². The minimum absolute atomic E-state index is 0.0404. The zero-order valence-electron chi connectivity index (χ0n) is 19.4. The molecule has 6 nitrogen and oxygen atoms in total. The van der Waals surface area contributed by atoms with Crippen molar-refractivity contribution in [2.75, 3.05) is 6.54 Å². The number of amides is 2. The molecule has 33 heavy (non-hydrogen) atoms. The number of carbonyl (C=O) groups is 2. The summed E-state index contributed by atoms with van der Waals surface area (Å²) in [6, 6.07) is 17.8. The molecule has 6 heteroatoms. The Kier molecular flexibility index (Phi) is 7.76. The van der Waals surface area contributed by atoms with Crippen molar-refractivity contribution >= 4 is 22.8 Å². The van der Waals surface area contributed by atoms with Crippen molar-refractivity contribution in [1.29, 1.82) is 0 Å². The van der Waals surface area contributed by atoms with Gasteiger partial charge in [-0.1, -0.05) is 61.7 Å². The molecule has 1 aliphatic carbocycles. The van der Waals surface area contributed by atoms with Gasteiger partial charge in [0.15, 0.2) is 0 Å². The Morgan fingerprint density at radius 3 is 2.55 bits per heavy atom.